The summed E-state index contributed by atoms with van der Waals surface area (Å²) in [6.07, 6.45) is 0.427. The molecule has 0 aliphatic rings. The van der Waals surface area contributed by atoms with Gasteiger partial charge in [0, 0.05) is 16.4 Å². The Balaban J connectivity index is 2.16. The topological polar surface area (TPSA) is 35.8 Å². The van der Waals surface area contributed by atoms with Gasteiger partial charge in [0.15, 0.2) is 0 Å². The third-order valence-corrected chi connectivity index (χ3v) is 2.60. The van der Waals surface area contributed by atoms with Crippen LogP contribution < -0.4 is 5.32 Å². The van der Waals surface area contributed by atoms with Gasteiger partial charge in [0.1, 0.15) is 0 Å². The molecule has 0 atom stereocenters. The molecular formula is C14H11ClN2. The molecule has 0 spiro atoms. The number of nitriles is 1. The summed E-state index contributed by atoms with van der Waals surface area (Å²) >= 11 is 5.82. The van der Waals surface area contributed by atoms with Crippen molar-refractivity contribution >= 4 is 23.0 Å². The summed E-state index contributed by atoms with van der Waals surface area (Å²) in [5.74, 6) is 0. The minimum Gasteiger partial charge on any atom is -0.356 e. The molecule has 0 radical (unpaired) electrons. The predicted octanol–water partition coefficient (Wildman–Crippen LogP) is 4.15. The van der Waals surface area contributed by atoms with Crippen LogP contribution in [0.3, 0.4) is 0 Å². The Kier molecular flexibility index (Phi) is 3.64. The number of hydrogen-bond acceptors (Lipinski definition) is 2. The van der Waals surface area contributed by atoms with E-state index in [1.165, 1.54) is 0 Å². The van der Waals surface area contributed by atoms with Crippen molar-refractivity contribution in [2.24, 2.45) is 0 Å². The zero-order valence-electron chi connectivity index (χ0n) is 9.15. The molecule has 0 heterocycles. The SMILES string of the molecule is N#CCc1cccc(Nc2ccc(Cl)cc2)c1. The van der Waals surface area contributed by atoms with E-state index in [1.54, 1.807) is 0 Å². The zero-order valence-corrected chi connectivity index (χ0v) is 9.91. The fraction of sp³-hybridized carbons (Fsp3) is 0.0714. The average molecular weight is 243 g/mol. The van der Waals surface area contributed by atoms with Crippen LogP contribution in [0.5, 0.6) is 0 Å². The van der Waals surface area contributed by atoms with E-state index in [9.17, 15) is 0 Å². The summed E-state index contributed by atoms with van der Waals surface area (Å²) in [6.45, 7) is 0. The highest BCUT2D eigenvalue weighted by atomic mass is 35.5. The van der Waals surface area contributed by atoms with Crippen molar-refractivity contribution < 1.29 is 0 Å². The summed E-state index contributed by atoms with van der Waals surface area (Å²) in [5, 5.41) is 12.6. The smallest absolute Gasteiger partial charge is 0.0669 e. The maximum Gasteiger partial charge on any atom is 0.0669 e. The largest absolute Gasteiger partial charge is 0.356 e. The summed E-state index contributed by atoms with van der Waals surface area (Å²) in [5.41, 5.74) is 2.95. The third-order valence-electron chi connectivity index (χ3n) is 2.34. The van der Waals surface area contributed by atoms with E-state index in [1.807, 2.05) is 48.5 Å². The lowest BCUT2D eigenvalue weighted by atomic mass is 10.1. The van der Waals surface area contributed by atoms with Crippen LogP contribution in [0, 0.1) is 11.3 Å². The lowest BCUT2D eigenvalue weighted by Gasteiger charge is -2.07. The molecule has 2 rings (SSSR count). The van der Waals surface area contributed by atoms with Crippen LogP contribution in [0.4, 0.5) is 11.4 Å². The van der Waals surface area contributed by atoms with Gasteiger partial charge in [-0.05, 0) is 42.0 Å². The standard InChI is InChI=1S/C14H11ClN2/c15-12-4-6-13(7-5-12)17-14-3-1-2-11(10-14)8-9-16/h1-7,10,17H,8H2. The molecule has 0 saturated carbocycles. The molecule has 0 amide bonds. The lowest BCUT2D eigenvalue weighted by molar-refractivity contribution is 1.26. The fourth-order valence-electron chi connectivity index (χ4n) is 1.55. The Hall–Kier alpha value is -1.98. The Bertz CT molecular complexity index is 541. The zero-order chi connectivity index (χ0) is 12.1. The molecule has 1 N–H and O–H groups in total. The maximum absolute atomic E-state index is 8.65. The number of rotatable bonds is 3. The van der Waals surface area contributed by atoms with Crippen LogP contribution in [0.25, 0.3) is 0 Å². The molecule has 84 valence electrons. The van der Waals surface area contributed by atoms with E-state index in [0.29, 0.717) is 11.4 Å². The van der Waals surface area contributed by atoms with Gasteiger partial charge in [0.2, 0.25) is 0 Å². The molecule has 2 aromatic rings. The van der Waals surface area contributed by atoms with Gasteiger partial charge in [-0.2, -0.15) is 5.26 Å². The molecule has 0 bridgehead atoms. The molecule has 0 aliphatic carbocycles. The second-order valence-corrected chi connectivity index (χ2v) is 4.10. The van der Waals surface area contributed by atoms with Crippen molar-refractivity contribution in [2.45, 2.75) is 6.42 Å². The number of nitrogens with zero attached hydrogens (tertiary/aromatic N) is 1. The molecule has 2 aromatic carbocycles. The second kappa shape index (κ2) is 5.38. The lowest BCUT2D eigenvalue weighted by Crippen LogP contribution is -1.91. The Morgan fingerprint density at radius 3 is 2.53 bits per heavy atom. The maximum atomic E-state index is 8.65. The van der Waals surface area contributed by atoms with Crippen molar-refractivity contribution in [3.63, 3.8) is 0 Å². The Labute approximate surface area is 105 Å². The van der Waals surface area contributed by atoms with Gasteiger partial charge < -0.3 is 5.32 Å². The predicted molar refractivity (Wildman–Crippen MR) is 70.5 cm³/mol. The van der Waals surface area contributed by atoms with Gasteiger partial charge in [0.25, 0.3) is 0 Å². The van der Waals surface area contributed by atoms with Gasteiger partial charge in [-0.15, -0.1) is 0 Å². The summed E-state index contributed by atoms with van der Waals surface area (Å²) in [6, 6.07) is 17.5. The van der Waals surface area contributed by atoms with E-state index < -0.39 is 0 Å². The van der Waals surface area contributed by atoms with Gasteiger partial charge in [0.05, 0.1) is 12.5 Å². The summed E-state index contributed by atoms with van der Waals surface area (Å²) < 4.78 is 0. The first kappa shape index (κ1) is 11.5. The number of halogens is 1. The molecule has 3 heteroatoms. The van der Waals surface area contributed by atoms with E-state index in [4.69, 9.17) is 16.9 Å². The van der Waals surface area contributed by atoms with Crippen molar-refractivity contribution in [1.82, 2.24) is 0 Å². The highest BCUT2D eigenvalue weighted by Crippen LogP contribution is 2.19. The second-order valence-electron chi connectivity index (χ2n) is 3.67. The number of hydrogen-bond donors (Lipinski definition) is 1. The quantitative estimate of drug-likeness (QED) is 0.878. The van der Waals surface area contributed by atoms with Crippen LogP contribution in [0.15, 0.2) is 48.5 Å². The fourth-order valence-corrected chi connectivity index (χ4v) is 1.68. The first-order valence-electron chi connectivity index (χ1n) is 5.26. The minimum absolute atomic E-state index is 0.427. The average Bonchev–Trinajstić information content (AvgIpc) is 2.33. The summed E-state index contributed by atoms with van der Waals surface area (Å²) in [7, 11) is 0. The van der Waals surface area contributed by atoms with E-state index in [0.717, 1.165) is 16.9 Å². The Morgan fingerprint density at radius 1 is 1.06 bits per heavy atom. The van der Waals surface area contributed by atoms with Crippen molar-refractivity contribution in [3.05, 3.63) is 59.1 Å². The monoisotopic (exact) mass is 242 g/mol. The minimum atomic E-state index is 0.427. The van der Waals surface area contributed by atoms with Gasteiger partial charge in [-0.1, -0.05) is 23.7 Å². The molecular weight excluding hydrogens is 232 g/mol. The van der Waals surface area contributed by atoms with Crippen molar-refractivity contribution in [3.8, 4) is 6.07 Å². The van der Waals surface area contributed by atoms with Gasteiger partial charge in [-0.25, -0.2) is 0 Å². The molecule has 0 unspecified atom stereocenters. The van der Waals surface area contributed by atoms with Crippen LogP contribution in [-0.2, 0) is 6.42 Å². The number of anilines is 2. The third kappa shape index (κ3) is 3.24. The van der Waals surface area contributed by atoms with E-state index >= 15 is 0 Å². The van der Waals surface area contributed by atoms with Crippen LogP contribution in [-0.4, -0.2) is 0 Å². The van der Waals surface area contributed by atoms with E-state index in [-0.39, 0.29) is 0 Å². The number of nitrogens with one attached hydrogen (secondary N) is 1. The van der Waals surface area contributed by atoms with Crippen molar-refractivity contribution in [2.75, 3.05) is 5.32 Å². The first-order valence-corrected chi connectivity index (χ1v) is 5.64. The number of benzene rings is 2. The van der Waals surface area contributed by atoms with Crippen molar-refractivity contribution in [1.29, 1.82) is 5.26 Å². The molecule has 0 aromatic heterocycles. The first-order chi connectivity index (χ1) is 8.28. The molecule has 0 fully saturated rings. The van der Waals surface area contributed by atoms with Gasteiger partial charge in [-0.3, -0.25) is 0 Å². The molecule has 17 heavy (non-hydrogen) atoms. The Morgan fingerprint density at radius 2 is 1.82 bits per heavy atom. The summed E-state index contributed by atoms with van der Waals surface area (Å²) in [4.78, 5) is 0. The van der Waals surface area contributed by atoms with Crippen LogP contribution in [0.1, 0.15) is 5.56 Å². The highest BCUT2D eigenvalue weighted by Gasteiger charge is 1.97. The molecule has 0 saturated heterocycles. The normalized spacial score (nSPS) is 9.65. The van der Waals surface area contributed by atoms with Crippen LogP contribution >= 0.6 is 11.6 Å². The van der Waals surface area contributed by atoms with Gasteiger partial charge >= 0.3 is 0 Å². The van der Waals surface area contributed by atoms with E-state index in [2.05, 4.69) is 11.4 Å². The van der Waals surface area contributed by atoms with Crippen LogP contribution in [0.2, 0.25) is 5.02 Å². The highest BCUT2D eigenvalue weighted by molar-refractivity contribution is 6.30. The molecule has 2 nitrogen and oxygen atoms in total. The molecule has 0 aliphatic heterocycles.